The Bertz CT molecular complexity index is 1500. The molecule has 0 fully saturated rings. The van der Waals surface area contributed by atoms with E-state index in [0.29, 0.717) is 10.9 Å². The summed E-state index contributed by atoms with van der Waals surface area (Å²) >= 11 is 6.57. The van der Waals surface area contributed by atoms with E-state index in [2.05, 4.69) is 46.7 Å². The number of anilines is 1. The number of carbonyl (C=O) groups is 1. The molecule has 0 bridgehead atoms. The average Bonchev–Trinajstić information content (AvgIpc) is 3.29. The first-order valence-electron chi connectivity index (χ1n) is 12.5. The highest BCUT2D eigenvalue weighted by Gasteiger charge is 2.41. The zero-order valence-electron chi connectivity index (χ0n) is 22.2. The van der Waals surface area contributed by atoms with E-state index in [9.17, 15) is 4.79 Å². The first-order valence-corrected chi connectivity index (χ1v) is 12.9. The van der Waals surface area contributed by atoms with Crippen LogP contribution in [-0.2, 0) is 10.3 Å². The predicted molar refractivity (Wildman–Crippen MR) is 154 cm³/mol. The summed E-state index contributed by atoms with van der Waals surface area (Å²) in [5, 5.41) is 8.43. The van der Waals surface area contributed by atoms with Crippen LogP contribution in [0.4, 0.5) is 10.6 Å². The molecule has 0 radical (unpaired) electrons. The lowest BCUT2D eigenvalue weighted by atomic mass is 9.77. The largest absolute Gasteiger partial charge is 0.479 e. The monoisotopic (exact) mass is 540 g/mol. The maximum atomic E-state index is 12.8. The van der Waals surface area contributed by atoms with E-state index in [4.69, 9.17) is 26.2 Å². The number of benzene rings is 3. The van der Waals surface area contributed by atoms with E-state index in [0.717, 1.165) is 16.7 Å². The van der Waals surface area contributed by atoms with E-state index in [1.54, 1.807) is 26.8 Å². The van der Waals surface area contributed by atoms with Crippen molar-refractivity contribution in [3.63, 3.8) is 0 Å². The van der Waals surface area contributed by atoms with Crippen LogP contribution in [0, 0.1) is 0 Å². The fourth-order valence-corrected chi connectivity index (χ4v) is 5.06. The summed E-state index contributed by atoms with van der Waals surface area (Å²) in [7, 11) is 1.53. The van der Waals surface area contributed by atoms with Crippen LogP contribution in [0.2, 0.25) is 5.15 Å². The molecular weight excluding hydrogens is 512 g/mol. The van der Waals surface area contributed by atoms with Crippen LogP contribution in [0.15, 0.2) is 97.1 Å². The minimum Gasteiger partial charge on any atom is -0.479 e. The van der Waals surface area contributed by atoms with Crippen molar-refractivity contribution in [1.82, 2.24) is 14.8 Å². The van der Waals surface area contributed by atoms with Gasteiger partial charge in [0.05, 0.1) is 12.6 Å². The van der Waals surface area contributed by atoms with Gasteiger partial charge in [0.1, 0.15) is 21.7 Å². The van der Waals surface area contributed by atoms with Crippen molar-refractivity contribution in [2.45, 2.75) is 31.9 Å². The molecule has 5 rings (SSSR count). The Balaban J connectivity index is 1.87. The Morgan fingerprint density at radius 1 is 0.846 bits per heavy atom. The van der Waals surface area contributed by atoms with Crippen molar-refractivity contribution < 1.29 is 14.3 Å². The number of rotatable bonds is 6. The number of hydrogen-bond donors (Lipinski definition) is 1. The summed E-state index contributed by atoms with van der Waals surface area (Å²) in [5.74, 6) is 0.477. The van der Waals surface area contributed by atoms with Crippen LogP contribution < -0.4 is 10.1 Å². The number of fused-ring (bicyclic) bond motifs is 1. The number of methoxy groups -OCH3 is 1. The standard InChI is InChI=1S/C31H29ClN4O3/c1-30(2,3)39-29(37)34-27-26-24(20-25(32)33-27)36(35-28(26)38-4)31(21-14-8-5-9-15-21,22-16-10-6-11-17-22)23-18-12-7-13-19-23/h5-20H,1-4H3,(H,33,34,37). The van der Waals surface area contributed by atoms with Gasteiger partial charge in [0.2, 0.25) is 5.88 Å². The lowest BCUT2D eigenvalue weighted by Gasteiger charge is -2.36. The van der Waals surface area contributed by atoms with Crippen LogP contribution in [0.3, 0.4) is 0 Å². The van der Waals surface area contributed by atoms with Crippen molar-refractivity contribution in [2.24, 2.45) is 0 Å². The van der Waals surface area contributed by atoms with E-state index >= 15 is 0 Å². The minimum atomic E-state index is -0.924. The molecule has 0 aliphatic heterocycles. The topological polar surface area (TPSA) is 78.3 Å². The zero-order chi connectivity index (χ0) is 27.6. The fourth-order valence-electron chi connectivity index (χ4n) is 4.87. The molecule has 2 aromatic heterocycles. The van der Waals surface area contributed by atoms with Gasteiger partial charge in [-0.2, -0.15) is 0 Å². The van der Waals surface area contributed by atoms with Gasteiger partial charge in [0.25, 0.3) is 0 Å². The lowest BCUT2D eigenvalue weighted by Crippen LogP contribution is -2.38. The number of aromatic nitrogens is 3. The first kappa shape index (κ1) is 26.3. The van der Waals surface area contributed by atoms with Gasteiger partial charge in [-0.15, -0.1) is 5.10 Å². The van der Waals surface area contributed by atoms with Gasteiger partial charge in [0, 0.05) is 6.07 Å². The van der Waals surface area contributed by atoms with Crippen molar-refractivity contribution in [1.29, 1.82) is 0 Å². The molecule has 5 aromatic rings. The highest BCUT2D eigenvalue weighted by atomic mass is 35.5. The van der Waals surface area contributed by atoms with Crippen LogP contribution in [0.25, 0.3) is 10.9 Å². The first-order chi connectivity index (χ1) is 18.7. The van der Waals surface area contributed by atoms with Crippen molar-refractivity contribution >= 4 is 34.4 Å². The molecule has 0 aliphatic rings. The number of hydrogen-bond acceptors (Lipinski definition) is 5. The number of carbonyl (C=O) groups excluding carboxylic acids is 1. The molecule has 2 heterocycles. The molecule has 7 nitrogen and oxygen atoms in total. The van der Waals surface area contributed by atoms with Gasteiger partial charge >= 0.3 is 6.09 Å². The van der Waals surface area contributed by atoms with Crippen LogP contribution >= 0.6 is 11.6 Å². The summed E-state index contributed by atoms with van der Waals surface area (Å²) in [4.78, 5) is 17.2. The third-order valence-corrected chi connectivity index (χ3v) is 6.50. The number of ether oxygens (including phenoxy) is 2. The Kier molecular flexibility index (Phi) is 7.02. The minimum absolute atomic E-state index is 0.181. The molecule has 0 saturated carbocycles. The van der Waals surface area contributed by atoms with Gasteiger partial charge in [-0.1, -0.05) is 103 Å². The summed E-state index contributed by atoms with van der Waals surface area (Å²) in [6.07, 6.45) is -0.659. The second kappa shape index (κ2) is 10.4. The maximum Gasteiger partial charge on any atom is 0.413 e. The Hall–Kier alpha value is -4.36. The molecule has 0 saturated heterocycles. The van der Waals surface area contributed by atoms with Gasteiger partial charge in [0.15, 0.2) is 5.82 Å². The number of pyridine rings is 1. The predicted octanol–water partition coefficient (Wildman–Crippen LogP) is 7.28. The second-order valence-electron chi connectivity index (χ2n) is 10.0. The molecule has 39 heavy (non-hydrogen) atoms. The van der Waals surface area contributed by atoms with Crippen molar-refractivity contribution in [3.8, 4) is 5.88 Å². The molecule has 0 spiro atoms. The van der Waals surface area contributed by atoms with Gasteiger partial charge in [-0.25, -0.2) is 14.5 Å². The van der Waals surface area contributed by atoms with Crippen molar-refractivity contribution in [3.05, 3.63) is 119 Å². The number of nitrogens with one attached hydrogen (secondary N) is 1. The highest BCUT2D eigenvalue weighted by Crippen LogP contribution is 2.45. The van der Waals surface area contributed by atoms with E-state index in [1.807, 2.05) is 59.3 Å². The molecular formula is C31H29ClN4O3. The molecule has 1 N–H and O–H groups in total. The van der Waals surface area contributed by atoms with E-state index in [-0.39, 0.29) is 16.9 Å². The summed E-state index contributed by atoms with van der Waals surface area (Å²) in [6.45, 7) is 5.38. The number of nitrogens with zero attached hydrogens (tertiary/aromatic N) is 3. The van der Waals surface area contributed by atoms with E-state index < -0.39 is 17.2 Å². The third-order valence-electron chi connectivity index (χ3n) is 6.31. The number of halogens is 1. The molecule has 3 aromatic carbocycles. The number of amides is 1. The molecule has 0 aliphatic carbocycles. The Labute approximate surface area is 232 Å². The molecule has 8 heteroatoms. The van der Waals surface area contributed by atoms with Crippen LogP contribution in [0.5, 0.6) is 5.88 Å². The smallest absolute Gasteiger partial charge is 0.413 e. The Morgan fingerprint density at radius 2 is 1.33 bits per heavy atom. The SMILES string of the molecule is COc1nn(C(c2ccccc2)(c2ccccc2)c2ccccc2)c2cc(Cl)nc(NC(=O)OC(C)(C)C)c12. The van der Waals surface area contributed by atoms with Gasteiger partial charge < -0.3 is 9.47 Å². The molecule has 0 atom stereocenters. The van der Waals surface area contributed by atoms with Crippen molar-refractivity contribution in [2.75, 3.05) is 12.4 Å². The second-order valence-corrected chi connectivity index (χ2v) is 10.4. The summed E-state index contributed by atoms with van der Waals surface area (Å²) in [6, 6.07) is 32.1. The summed E-state index contributed by atoms with van der Waals surface area (Å²) in [5.41, 5.74) is 1.93. The molecule has 1 amide bonds. The quantitative estimate of drug-likeness (QED) is 0.181. The lowest BCUT2D eigenvalue weighted by molar-refractivity contribution is 0.0635. The van der Waals surface area contributed by atoms with Crippen LogP contribution in [-0.4, -0.2) is 33.6 Å². The van der Waals surface area contributed by atoms with Gasteiger partial charge in [-0.05, 0) is 37.5 Å². The Morgan fingerprint density at radius 3 is 1.77 bits per heavy atom. The summed E-state index contributed by atoms with van der Waals surface area (Å²) < 4.78 is 13.1. The van der Waals surface area contributed by atoms with E-state index in [1.165, 1.54) is 7.11 Å². The molecule has 0 unspecified atom stereocenters. The fraction of sp³-hybridized carbons (Fsp3) is 0.194. The highest BCUT2D eigenvalue weighted by molar-refractivity contribution is 6.30. The maximum absolute atomic E-state index is 12.8. The van der Waals surface area contributed by atoms with Crippen LogP contribution in [0.1, 0.15) is 37.5 Å². The molecule has 198 valence electrons. The zero-order valence-corrected chi connectivity index (χ0v) is 22.9. The average molecular weight is 541 g/mol. The normalized spacial score (nSPS) is 11.8. The van der Waals surface area contributed by atoms with Gasteiger partial charge in [-0.3, -0.25) is 5.32 Å². The third kappa shape index (κ3) is 4.93.